The lowest BCUT2D eigenvalue weighted by molar-refractivity contribution is 0.0602. The molecular weight excluding hydrogens is 234 g/mol. The van der Waals surface area contributed by atoms with Crippen LogP contribution in [0.4, 0.5) is 11.6 Å². The number of carbonyl (C=O) groups is 1. The molecule has 1 saturated heterocycles. The van der Waals surface area contributed by atoms with Crippen molar-refractivity contribution < 1.29 is 9.53 Å². The third-order valence-electron chi connectivity index (χ3n) is 3.19. The first-order chi connectivity index (χ1) is 8.58. The van der Waals surface area contributed by atoms with E-state index >= 15 is 0 Å². The molecule has 0 aromatic carbocycles. The molecule has 1 aromatic heterocycles. The lowest BCUT2D eigenvalue weighted by Gasteiger charge is -2.15. The van der Waals surface area contributed by atoms with Crippen molar-refractivity contribution >= 4 is 17.6 Å². The van der Waals surface area contributed by atoms with Gasteiger partial charge in [-0.25, -0.2) is 9.48 Å². The predicted octanol–water partition coefficient (Wildman–Crippen LogP) is -0.191. The van der Waals surface area contributed by atoms with Crippen LogP contribution in [0.15, 0.2) is 0 Å². The number of anilines is 2. The molecule has 0 spiro atoms. The maximum absolute atomic E-state index is 11.8. The fraction of sp³-hybridized carbons (Fsp3) is 0.636. The van der Waals surface area contributed by atoms with E-state index < -0.39 is 5.97 Å². The van der Waals surface area contributed by atoms with Crippen LogP contribution in [0.1, 0.15) is 23.7 Å². The number of carbonyl (C=O) groups excluding carboxylic acids is 1. The molecule has 4 N–H and O–H groups in total. The summed E-state index contributed by atoms with van der Waals surface area (Å²) >= 11 is 0. The van der Waals surface area contributed by atoms with Crippen molar-refractivity contribution in [1.29, 1.82) is 0 Å². The van der Waals surface area contributed by atoms with Crippen LogP contribution in [0.2, 0.25) is 0 Å². The van der Waals surface area contributed by atoms with Gasteiger partial charge in [0.15, 0.2) is 5.82 Å². The van der Waals surface area contributed by atoms with Crippen LogP contribution in [0.5, 0.6) is 0 Å². The molecule has 100 valence electrons. The Balaban J connectivity index is 2.42. The first-order valence-electron chi connectivity index (χ1n) is 6.03. The van der Waals surface area contributed by atoms with Gasteiger partial charge in [-0.05, 0) is 13.3 Å². The van der Waals surface area contributed by atoms with Gasteiger partial charge in [0.05, 0.1) is 7.11 Å². The molecule has 0 amide bonds. The molecule has 18 heavy (non-hydrogen) atoms. The van der Waals surface area contributed by atoms with Gasteiger partial charge in [0.25, 0.3) is 0 Å². The Morgan fingerprint density at radius 2 is 2.33 bits per heavy atom. The first-order valence-corrected chi connectivity index (χ1v) is 6.03. The number of methoxy groups -OCH3 is 1. The fourth-order valence-corrected chi connectivity index (χ4v) is 2.20. The van der Waals surface area contributed by atoms with Crippen molar-refractivity contribution in [3.8, 4) is 0 Å². The number of ether oxygens (including phenoxy) is 1. The largest absolute Gasteiger partial charge is 0.465 e. The molecule has 2 rings (SSSR count). The van der Waals surface area contributed by atoms with Gasteiger partial charge in [0.1, 0.15) is 11.4 Å². The van der Waals surface area contributed by atoms with E-state index in [0.29, 0.717) is 30.3 Å². The van der Waals surface area contributed by atoms with E-state index in [-0.39, 0.29) is 6.04 Å². The van der Waals surface area contributed by atoms with Crippen molar-refractivity contribution in [3.63, 3.8) is 0 Å². The second kappa shape index (κ2) is 4.85. The van der Waals surface area contributed by atoms with E-state index in [1.54, 1.807) is 4.68 Å². The lowest BCUT2D eigenvalue weighted by Crippen LogP contribution is -2.27. The van der Waals surface area contributed by atoms with Crippen LogP contribution in [-0.2, 0) is 11.3 Å². The highest BCUT2D eigenvalue weighted by Crippen LogP contribution is 2.28. The Morgan fingerprint density at radius 1 is 1.61 bits per heavy atom. The summed E-state index contributed by atoms with van der Waals surface area (Å²) in [5.41, 5.74) is 12.2. The smallest absolute Gasteiger partial charge is 0.345 e. The van der Waals surface area contributed by atoms with E-state index in [1.165, 1.54) is 7.11 Å². The van der Waals surface area contributed by atoms with E-state index in [9.17, 15) is 4.79 Å². The molecule has 0 radical (unpaired) electrons. The number of nitrogens with two attached hydrogens (primary N) is 2. The molecule has 1 aromatic rings. The molecule has 1 aliphatic heterocycles. The summed E-state index contributed by atoms with van der Waals surface area (Å²) in [7, 11) is 1.34. The van der Waals surface area contributed by atoms with Crippen LogP contribution in [-0.4, -0.2) is 42.0 Å². The minimum atomic E-state index is -0.456. The van der Waals surface area contributed by atoms with E-state index in [1.807, 2.05) is 11.8 Å². The van der Waals surface area contributed by atoms with Crippen LogP contribution >= 0.6 is 0 Å². The molecule has 2 heterocycles. The number of hydrogen-bond donors (Lipinski definition) is 2. The molecule has 1 aliphatic rings. The van der Waals surface area contributed by atoms with Crippen LogP contribution in [0.3, 0.4) is 0 Å². The average molecular weight is 253 g/mol. The predicted molar refractivity (Wildman–Crippen MR) is 68.5 cm³/mol. The molecule has 0 aliphatic carbocycles. The van der Waals surface area contributed by atoms with Gasteiger partial charge < -0.3 is 21.1 Å². The molecule has 1 unspecified atom stereocenters. The summed E-state index contributed by atoms with van der Waals surface area (Å²) < 4.78 is 6.37. The van der Waals surface area contributed by atoms with Crippen molar-refractivity contribution in [2.75, 3.05) is 30.8 Å². The normalized spacial score (nSPS) is 19.3. The van der Waals surface area contributed by atoms with Gasteiger partial charge in [0, 0.05) is 25.7 Å². The maximum Gasteiger partial charge on any atom is 0.345 e. The maximum atomic E-state index is 11.8. The van der Waals surface area contributed by atoms with Gasteiger partial charge in [-0.2, -0.15) is 5.10 Å². The summed E-state index contributed by atoms with van der Waals surface area (Å²) in [5.74, 6) is 0.469. The van der Waals surface area contributed by atoms with E-state index in [0.717, 1.165) is 13.0 Å². The van der Waals surface area contributed by atoms with Crippen LogP contribution in [0, 0.1) is 0 Å². The summed E-state index contributed by atoms with van der Waals surface area (Å²) in [4.78, 5) is 13.8. The molecule has 0 bridgehead atoms. The van der Waals surface area contributed by atoms with Crippen molar-refractivity contribution in [2.45, 2.75) is 25.9 Å². The van der Waals surface area contributed by atoms with Gasteiger partial charge in [-0.15, -0.1) is 0 Å². The molecule has 0 saturated carbocycles. The quantitative estimate of drug-likeness (QED) is 0.724. The Hall–Kier alpha value is -1.76. The summed E-state index contributed by atoms with van der Waals surface area (Å²) in [6, 6.07) is 0.114. The zero-order chi connectivity index (χ0) is 13.3. The number of aromatic nitrogens is 2. The summed E-state index contributed by atoms with van der Waals surface area (Å²) in [6.45, 7) is 4.00. The number of nitrogen functional groups attached to an aromatic ring is 1. The number of aryl methyl sites for hydroxylation is 1. The molecule has 7 nitrogen and oxygen atoms in total. The van der Waals surface area contributed by atoms with Crippen molar-refractivity contribution in [3.05, 3.63) is 5.56 Å². The van der Waals surface area contributed by atoms with Gasteiger partial charge in [-0.1, -0.05) is 0 Å². The molecule has 1 fully saturated rings. The average Bonchev–Trinajstić information content (AvgIpc) is 2.92. The monoisotopic (exact) mass is 253 g/mol. The second-order valence-corrected chi connectivity index (χ2v) is 4.39. The molecule has 1 atom stereocenters. The number of esters is 1. The highest BCUT2D eigenvalue weighted by Gasteiger charge is 2.29. The third-order valence-corrected chi connectivity index (χ3v) is 3.19. The second-order valence-electron chi connectivity index (χ2n) is 4.39. The Labute approximate surface area is 106 Å². The number of rotatable bonds is 3. The molecule has 7 heteroatoms. The third kappa shape index (κ3) is 2.01. The van der Waals surface area contributed by atoms with Crippen LogP contribution in [0.25, 0.3) is 0 Å². The van der Waals surface area contributed by atoms with Crippen molar-refractivity contribution in [1.82, 2.24) is 9.78 Å². The first kappa shape index (κ1) is 12.7. The molecular formula is C11H19N5O2. The Bertz CT molecular complexity index is 457. The number of hydrogen-bond acceptors (Lipinski definition) is 6. The summed E-state index contributed by atoms with van der Waals surface area (Å²) in [6.07, 6.45) is 0.888. The standard InChI is InChI=1S/C11H19N5O2/c1-3-16-9(13)8(11(17)18-2)10(14-16)15-5-4-7(12)6-15/h7H,3-6,12-13H2,1-2H3. The minimum Gasteiger partial charge on any atom is -0.465 e. The van der Waals surface area contributed by atoms with Crippen LogP contribution < -0.4 is 16.4 Å². The fourth-order valence-electron chi connectivity index (χ4n) is 2.20. The number of nitrogens with zero attached hydrogens (tertiary/aromatic N) is 3. The Morgan fingerprint density at radius 3 is 2.83 bits per heavy atom. The highest BCUT2D eigenvalue weighted by atomic mass is 16.5. The zero-order valence-electron chi connectivity index (χ0n) is 10.7. The topological polar surface area (TPSA) is 99.4 Å². The van der Waals surface area contributed by atoms with Crippen molar-refractivity contribution in [2.24, 2.45) is 5.73 Å². The van der Waals surface area contributed by atoms with E-state index in [2.05, 4.69) is 5.10 Å². The zero-order valence-corrected chi connectivity index (χ0v) is 10.7. The minimum absolute atomic E-state index is 0.114. The summed E-state index contributed by atoms with van der Waals surface area (Å²) in [5, 5.41) is 4.37. The van der Waals surface area contributed by atoms with E-state index in [4.69, 9.17) is 16.2 Å². The van der Waals surface area contributed by atoms with Gasteiger partial charge >= 0.3 is 5.97 Å². The lowest BCUT2D eigenvalue weighted by atomic mass is 10.3. The Kier molecular flexibility index (Phi) is 3.42. The van der Waals surface area contributed by atoms with Gasteiger partial charge in [-0.3, -0.25) is 0 Å². The highest BCUT2D eigenvalue weighted by molar-refractivity contribution is 5.99. The SMILES string of the molecule is CCn1nc(N2CCC(N)C2)c(C(=O)OC)c1N. The van der Waals surface area contributed by atoms with Gasteiger partial charge in [0.2, 0.25) is 0 Å².